The minimum Gasteiger partial charge on any atom is -0.355 e. The zero-order valence-electron chi connectivity index (χ0n) is 7.86. The molecule has 2 heteroatoms. The van der Waals surface area contributed by atoms with Crippen LogP contribution in [-0.2, 0) is 4.79 Å². The fraction of sp³-hybridized carbons (Fsp3) is 0.364. The summed E-state index contributed by atoms with van der Waals surface area (Å²) < 4.78 is 0. The van der Waals surface area contributed by atoms with Gasteiger partial charge < -0.3 is 5.32 Å². The van der Waals surface area contributed by atoms with Crippen LogP contribution in [0.1, 0.15) is 13.3 Å². The van der Waals surface area contributed by atoms with Crippen molar-refractivity contribution in [3.05, 3.63) is 36.5 Å². The van der Waals surface area contributed by atoms with Crippen LogP contribution in [-0.4, -0.2) is 12.5 Å². The van der Waals surface area contributed by atoms with Crippen molar-refractivity contribution in [2.24, 2.45) is 5.92 Å². The summed E-state index contributed by atoms with van der Waals surface area (Å²) >= 11 is 0. The molecule has 1 aliphatic rings. The SMILES string of the molecule is CCCNC(=O)C1C=CC=CC=C1. The van der Waals surface area contributed by atoms with Gasteiger partial charge in [-0.25, -0.2) is 0 Å². The van der Waals surface area contributed by atoms with Crippen molar-refractivity contribution >= 4 is 5.91 Å². The summed E-state index contributed by atoms with van der Waals surface area (Å²) in [6, 6.07) is 0. The third kappa shape index (κ3) is 3.28. The molecule has 0 aromatic heterocycles. The van der Waals surface area contributed by atoms with Gasteiger partial charge in [0.2, 0.25) is 5.91 Å². The zero-order chi connectivity index (χ0) is 9.52. The normalized spacial score (nSPS) is 15.8. The molecular formula is C11H15NO. The maximum absolute atomic E-state index is 11.5. The maximum atomic E-state index is 11.5. The lowest BCUT2D eigenvalue weighted by molar-refractivity contribution is -0.122. The Morgan fingerprint density at radius 2 is 1.85 bits per heavy atom. The molecule has 0 unspecified atom stereocenters. The lowest BCUT2D eigenvalue weighted by Crippen LogP contribution is -2.29. The monoisotopic (exact) mass is 177 g/mol. The van der Waals surface area contributed by atoms with Gasteiger partial charge in [-0.2, -0.15) is 0 Å². The Bertz CT molecular complexity index is 235. The van der Waals surface area contributed by atoms with Crippen LogP contribution in [0, 0.1) is 5.92 Å². The van der Waals surface area contributed by atoms with E-state index in [1.807, 2.05) is 43.4 Å². The van der Waals surface area contributed by atoms with Crippen LogP contribution < -0.4 is 5.32 Å². The van der Waals surface area contributed by atoms with Crippen molar-refractivity contribution in [1.82, 2.24) is 5.32 Å². The summed E-state index contributed by atoms with van der Waals surface area (Å²) in [6.45, 7) is 2.80. The third-order valence-electron chi connectivity index (χ3n) is 1.82. The van der Waals surface area contributed by atoms with Gasteiger partial charge in [0.25, 0.3) is 0 Å². The summed E-state index contributed by atoms with van der Waals surface area (Å²) in [4.78, 5) is 11.5. The molecule has 1 rings (SSSR count). The Balaban J connectivity index is 2.47. The van der Waals surface area contributed by atoms with Crippen molar-refractivity contribution in [3.63, 3.8) is 0 Å². The predicted molar refractivity (Wildman–Crippen MR) is 54.2 cm³/mol. The van der Waals surface area contributed by atoms with Crippen molar-refractivity contribution in [3.8, 4) is 0 Å². The quantitative estimate of drug-likeness (QED) is 0.700. The van der Waals surface area contributed by atoms with E-state index < -0.39 is 0 Å². The summed E-state index contributed by atoms with van der Waals surface area (Å²) in [5.74, 6) is -0.0281. The van der Waals surface area contributed by atoms with Crippen LogP contribution in [0.15, 0.2) is 36.5 Å². The van der Waals surface area contributed by atoms with E-state index in [1.165, 1.54) is 0 Å². The van der Waals surface area contributed by atoms with Gasteiger partial charge in [0.05, 0.1) is 5.92 Å². The largest absolute Gasteiger partial charge is 0.355 e. The highest BCUT2D eigenvalue weighted by atomic mass is 16.1. The minimum absolute atomic E-state index is 0.0815. The molecule has 13 heavy (non-hydrogen) atoms. The molecule has 0 heterocycles. The van der Waals surface area contributed by atoms with Crippen LogP contribution >= 0.6 is 0 Å². The van der Waals surface area contributed by atoms with E-state index in [4.69, 9.17) is 0 Å². The summed E-state index contributed by atoms with van der Waals surface area (Å²) in [5, 5.41) is 2.86. The first-order chi connectivity index (χ1) is 6.34. The number of nitrogens with one attached hydrogen (secondary N) is 1. The highest BCUT2D eigenvalue weighted by Gasteiger charge is 2.10. The fourth-order valence-electron chi connectivity index (χ4n) is 1.10. The van der Waals surface area contributed by atoms with Crippen molar-refractivity contribution in [1.29, 1.82) is 0 Å². The molecule has 0 saturated carbocycles. The second kappa shape index (κ2) is 5.36. The second-order valence-corrected chi connectivity index (χ2v) is 2.97. The number of rotatable bonds is 3. The molecule has 1 N–H and O–H groups in total. The molecule has 0 fully saturated rings. The van der Waals surface area contributed by atoms with Gasteiger partial charge >= 0.3 is 0 Å². The molecule has 0 aromatic carbocycles. The number of carbonyl (C=O) groups is 1. The van der Waals surface area contributed by atoms with Gasteiger partial charge in [-0.3, -0.25) is 4.79 Å². The third-order valence-corrected chi connectivity index (χ3v) is 1.82. The molecule has 0 saturated heterocycles. The summed E-state index contributed by atoms with van der Waals surface area (Å²) in [7, 11) is 0. The van der Waals surface area contributed by atoms with Crippen LogP contribution in [0.5, 0.6) is 0 Å². The van der Waals surface area contributed by atoms with Gasteiger partial charge in [-0.15, -0.1) is 0 Å². The minimum atomic E-state index is -0.110. The standard InChI is InChI=1S/C11H15NO/c1-2-9-12-11(13)10-7-5-3-4-6-8-10/h3-8,10H,2,9H2,1H3,(H,12,13). The molecule has 0 bridgehead atoms. The van der Waals surface area contributed by atoms with Gasteiger partial charge in [-0.1, -0.05) is 43.4 Å². The highest BCUT2D eigenvalue weighted by Crippen LogP contribution is 2.05. The molecule has 1 amide bonds. The average molecular weight is 177 g/mol. The highest BCUT2D eigenvalue weighted by molar-refractivity contribution is 5.82. The molecule has 0 atom stereocenters. The fourth-order valence-corrected chi connectivity index (χ4v) is 1.10. The number of amides is 1. The molecule has 0 aliphatic heterocycles. The second-order valence-electron chi connectivity index (χ2n) is 2.97. The van der Waals surface area contributed by atoms with Gasteiger partial charge in [0.15, 0.2) is 0 Å². The Morgan fingerprint density at radius 3 is 2.38 bits per heavy atom. The average Bonchev–Trinajstić information content (AvgIpc) is 2.42. The van der Waals surface area contributed by atoms with Crippen LogP contribution in [0.3, 0.4) is 0 Å². The summed E-state index contributed by atoms with van der Waals surface area (Å²) in [6.07, 6.45) is 12.4. The van der Waals surface area contributed by atoms with E-state index in [0.717, 1.165) is 13.0 Å². The first kappa shape index (κ1) is 9.78. The first-order valence-electron chi connectivity index (χ1n) is 4.64. The molecule has 0 radical (unpaired) electrons. The smallest absolute Gasteiger partial charge is 0.230 e. The van der Waals surface area contributed by atoms with E-state index in [-0.39, 0.29) is 11.8 Å². The van der Waals surface area contributed by atoms with Gasteiger partial charge in [0.1, 0.15) is 0 Å². The Kier molecular flexibility index (Phi) is 4.03. The predicted octanol–water partition coefficient (Wildman–Crippen LogP) is 1.81. The van der Waals surface area contributed by atoms with E-state index in [2.05, 4.69) is 5.32 Å². The Morgan fingerprint density at radius 1 is 1.23 bits per heavy atom. The Labute approximate surface area is 79.0 Å². The van der Waals surface area contributed by atoms with Crippen LogP contribution in [0.25, 0.3) is 0 Å². The molecular weight excluding hydrogens is 162 g/mol. The van der Waals surface area contributed by atoms with Gasteiger partial charge in [0, 0.05) is 6.54 Å². The van der Waals surface area contributed by atoms with E-state index >= 15 is 0 Å². The number of hydrogen-bond donors (Lipinski definition) is 1. The lowest BCUT2D eigenvalue weighted by atomic mass is 10.1. The number of carbonyl (C=O) groups excluding carboxylic acids is 1. The zero-order valence-corrected chi connectivity index (χ0v) is 7.86. The summed E-state index contributed by atoms with van der Waals surface area (Å²) in [5.41, 5.74) is 0. The molecule has 2 nitrogen and oxygen atoms in total. The van der Waals surface area contributed by atoms with Crippen molar-refractivity contribution < 1.29 is 4.79 Å². The molecule has 70 valence electrons. The molecule has 1 aliphatic carbocycles. The van der Waals surface area contributed by atoms with Crippen LogP contribution in [0.4, 0.5) is 0 Å². The number of hydrogen-bond acceptors (Lipinski definition) is 1. The lowest BCUT2D eigenvalue weighted by Gasteiger charge is -2.07. The van der Waals surface area contributed by atoms with Gasteiger partial charge in [-0.05, 0) is 6.42 Å². The van der Waals surface area contributed by atoms with Crippen LogP contribution in [0.2, 0.25) is 0 Å². The van der Waals surface area contributed by atoms with E-state index in [0.29, 0.717) is 0 Å². The Hall–Kier alpha value is -1.31. The van der Waals surface area contributed by atoms with Crippen molar-refractivity contribution in [2.75, 3.05) is 6.54 Å². The maximum Gasteiger partial charge on any atom is 0.230 e. The molecule has 0 aromatic rings. The van der Waals surface area contributed by atoms with Crippen molar-refractivity contribution in [2.45, 2.75) is 13.3 Å². The topological polar surface area (TPSA) is 29.1 Å². The number of allylic oxidation sites excluding steroid dienone is 4. The first-order valence-corrected chi connectivity index (χ1v) is 4.64. The molecule has 0 spiro atoms. The van der Waals surface area contributed by atoms with E-state index in [1.54, 1.807) is 0 Å². The van der Waals surface area contributed by atoms with E-state index in [9.17, 15) is 4.79 Å².